The lowest BCUT2D eigenvalue weighted by molar-refractivity contribution is -0.0505. The third kappa shape index (κ3) is 7.04. The number of aliphatic imine (C=N–C) groups is 1. The van der Waals surface area contributed by atoms with Crippen LogP contribution in [-0.4, -0.2) is 70.0 Å². The summed E-state index contributed by atoms with van der Waals surface area (Å²) in [7, 11) is 3.23. The second-order valence-corrected chi connectivity index (χ2v) is 7.66. The summed E-state index contributed by atoms with van der Waals surface area (Å²) < 4.78 is 40.9. The van der Waals surface area contributed by atoms with Gasteiger partial charge in [-0.15, -0.1) is 24.0 Å². The molecule has 0 radical (unpaired) electrons. The molecule has 0 saturated carbocycles. The summed E-state index contributed by atoms with van der Waals surface area (Å²) in [6.45, 7) is 1.92. The van der Waals surface area contributed by atoms with E-state index in [-0.39, 0.29) is 41.8 Å². The molecule has 0 unspecified atom stereocenters. The molecule has 2 N–H and O–H groups in total. The van der Waals surface area contributed by atoms with Crippen molar-refractivity contribution in [2.75, 3.05) is 47.0 Å². The van der Waals surface area contributed by atoms with Gasteiger partial charge in [0.25, 0.3) is 0 Å². The maximum atomic E-state index is 12.7. The van der Waals surface area contributed by atoms with Gasteiger partial charge in [-0.3, -0.25) is 9.89 Å². The van der Waals surface area contributed by atoms with Crippen LogP contribution in [0.3, 0.4) is 0 Å². The van der Waals surface area contributed by atoms with E-state index >= 15 is 0 Å². The number of hydrogen-bond acceptors (Lipinski definition) is 5. The number of methoxy groups -OCH3 is 1. The number of nitrogens with one attached hydrogen (secondary N) is 2. The second kappa shape index (κ2) is 12.6. The number of hydrogen-bond donors (Lipinski definition) is 2. The lowest BCUT2D eigenvalue weighted by atomic mass is 9.88. The number of rotatable bonds is 8. The highest BCUT2D eigenvalue weighted by atomic mass is 127. The minimum atomic E-state index is -2.89. The predicted octanol–water partition coefficient (Wildman–Crippen LogP) is 3.22. The zero-order chi connectivity index (χ0) is 21.4. The van der Waals surface area contributed by atoms with Crippen LogP contribution in [0.25, 0.3) is 0 Å². The fourth-order valence-electron chi connectivity index (χ4n) is 4.23. The van der Waals surface area contributed by atoms with Gasteiger partial charge in [0.2, 0.25) is 0 Å². The molecule has 3 rings (SSSR count). The molecule has 0 amide bonds. The molecule has 0 aromatic heterocycles. The van der Waals surface area contributed by atoms with Gasteiger partial charge in [-0.05, 0) is 57.0 Å². The fourth-order valence-corrected chi connectivity index (χ4v) is 4.23. The Morgan fingerprint density at radius 2 is 1.94 bits per heavy atom. The standard InChI is InChI=1S/C21H32F2N4O3.HI/c1-24-20(25-14-16-13-17(28-2)5-6-18(16)30-19(22)23)26-15-21(7-11-29-12-8-21)27-9-3-4-10-27;/h5-6,13,19H,3-4,7-12,14-15H2,1-2H3,(H2,24,25,26);1H. The van der Waals surface area contributed by atoms with Crippen molar-refractivity contribution in [3.05, 3.63) is 23.8 Å². The summed E-state index contributed by atoms with van der Waals surface area (Å²) in [5, 5.41) is 6.64. The number of ether oxygens (including phenoxy) is 3. The molecule has 0 aliphatic carbocycles. The van der Waals surface area contributed by atoms with Crippen molar-refractivity contribution in [1.82, 2.24) is 15.5 Å². The van der Waals surface area contributed by atoms with Crippen LogP contribution in [0.15, 0.2) is 23.2 Å². The Morgan fingerprint density at radius 1 is 1.23 bits per heavy atom. The molecule has 2 heterocycles. The van der Waals surface area contributed by atoms with E-state index in [2.05, 4.69) is 25.3 Å². The molecule has 2 aliphatic heterocycles. The highest BCUT2D eigenvalue weighted by Crippen LogP contribution is 2.31. The molecule has 2 aliphatic rings. The lowest BCUT2D eigenvalue weighted by Crippen LogP contribution is -2.58. The number of halogens is 3. The molecule has 31 heavy (non-hydrogen) atoms. The number of guanidine groups is 1. The largest absolute Gasteiger partial charge is 0.497 e. The molecule has 0 spiro atoms. The Hall–Kier alpha value is -1.40. The number of benzene rings is 1. The summed E-state index contributed by atoms with van der Waals surface area (Å²) >= 11 is 0. The predicted molar refractivity (Wildman–Crippen MR) is 127 cm³/mol. The SMILES string of the molecule is CN=C(NCc1cc(OC)ccc1OC(F)F)NCC1(N2CCCC2)CCOCC1.I. The summed E-state index contributed by atoms with van der Waals surface area (Å²) in [4.78, 5) is 6.88. The monoisotopic (exact) mass is 554 g/mol. The average Bonchev–Trinajstić information content (AvgIpc) is 3.31. The molecule has 0 atom stereocenters. The molecule has 1 aromatic rings. The van der Waals surface area contributed by atoms with Crippen molar-refractivity contribution in [3.63, 3.8) is 0 Å². The van der Waals surface area contributed by atoms with E-state index in [4.69, 9.17) is 9.47 Å². The van der Waals surface area contributed by atoms with Crippen LogP contribution in [0.1, 0.15) is 31.2 Å². The minimum absolute atomic E-state index is 0. The average molecular weight is 554 g/mol. The van der Waals surface area contributed by atoms with Crippen molar-refractivity contribution < 1.29 is 23.0 Å². The minimum Gasteiger partial charge on any atom is -0.497 e. The lowest BCUT2D eigenvalue weighted by Gasteiger charge is -2.45. The molecule has 2 saturated heterocycles. The van der Waals surface area contributed by atoms with E-state index in [1.807, 2.05) is 0 Å². The van der Waals surface area contributed by atoms with E-state index in [1.165, 1.54) is 26.0 Å². The Balaban J connectivity index is 0.00000341. The molecule has 176 valence electrons. The van der Waals surface area contributed by atoms with Crippen molar-refractivity contribution in [3.8, 4) is 11.5 Å². The normalized spacial score (nSPS) is 19.1. The first kappa shape index (κ1) is 25.9. The summed E-state index contributed by atoms with van der Waals surface area (Å²) in [5.74, 6) is 1.31. The van der Waals surface area contributed by atoms with Gasteiger partial charge in [0, 0.05) is 44.5 Å². The number of alkyl halides is 2. The van der Waals surface area contributed by atoms with Crippen molar-refractivity contribution in [2.45, 2.75) is 44.4 Å². The van der Waals surface area contributed by atoms with E-state index < -0.39 is 6.61 Å². The molecular weight excluding hydrogens is 521 g/mol. The Bertz CT molecular complexity index is 712. The first-order valence-corrected chi connectivity index (χ1v) is 10.5. The molecule has 10 heteroatoms. The van der Waals surface area contributed by atoms with Crippen LogP contribution in [0.4, 0.5) is 8.78 Å². The van der Waals surface area contributed by atoms with Crippen LogP contribution in [0.5, 0.6) is 11.5 Å². The maximum absolute atomic E-state index is 12.7. The van der Waals surface area contributed by atoms with Gasteiger partial charge < -0.3 is 24.8 Å². The van der Waals surface area contributed by atoms with Crippen LogP contribution < -0.4 is 20.1 Å². The van der Waals surface area contributed by atoms with Crippen molar-refractivity contribution >= 4 is 29.9 Å². The Kier molecular flexibility index (Phi) is 10.5. The van der Waals surface area contributed by atoms with Crippen LogP contribution in [0, 0.1) is 0 Å². The smallest absolute Gasteiger partial charge is 0.387 e. The summed E-state index contributed by atoms with van der Waals surface area (Å²) in [5.41, 5.74) is 0.629. The van der Waals surface area contributed by atoms with Crippen molar-refractivity contribution in [1.29, 1.82) is 0 Å². The third-order valence-electron chi connectivity index (χ3n) is 5.94. The third-order valence-corrected chi connectivity index (χ3v) is 5.94. The van der Waals surface area contributed by atoms with Gasteiger partial charge in [-0.2, -0.15) is 8.78 Å². The first-order valence-electron chi connectivity index (χ1n) is 10.5. The van der Waals surface area contributed by atoms with Crippen LogP contribution >= 0.6 is 24.0 Å². The van der Waals surface area contributed by atoms with Gasteiger partial charge >= 0.3 is 6.61 Å². The number of nitrogens with zero attached hydrogens (tertiary/aromatic N) is 2. The van der Waals surface area contributed by atoms with Crippen molar-refractivity contribution in [2.24, 2.45) is 4.99 Å². The fraction of sp³-hybridized carbons (Fsp3) is 0.667. The highest BCUT2D eigenvalue weighted by Gasteiger charge is 2.39. The van der Waals surface area contributed by atoms with Gasteiger partial charge in [-0.25, -0.2) is 0 Å². The van der Waals surface area contributed by atoms with Crippen LogP contribution in [-0.2, 0) is 11.3 Å². The maximum Gasteiger partial charge on any atom is 0.387 e. The first-order chi connectivity index (χ1) is 14.6. The molecule has 2 fully saturated rings. The topological polar surface area (TPSA) is 67.4 Å². The van der Waals surface area contributed by atoms with Gasteiger partial charge in [0.1, 0.15) is 11.5 Å². The van der Waals surface area contributed by atoms with E-state index in [0.717, 1.165) is 45.7 Å². The molecule has 7 nitrogen and oxygen atoms in total. The molecule has 0 bridgehead atoms. The number of likely N-dealkylation sites (tertiary alicyclic amines) is 1. The highest BCUT2D eigenvalue weighted by molar-refractivity contribution is 14.0. The van der Waals surface area contributed by atoms with E-state index in [9.17, 15) is 8.78 Å². The zero-order valence-corrected chi connectivity index (χ0v) is 20.5. The van der Waals surface area contributed by atoms with E-state index in [0.29, 0.717) is 17.3 Å². The van der Waals surface area contributed by atoms with Crippen LogP contribution in [0.2, 0.25) is 0 Å². The Morgan fingerprint density at radius 3 is 2.55 bits per heavy atom. The zero-order valence-electron chi connectivity index (χ0n) is 18.2. The summed E-state index contributed by atoms with van der Waals surface area (Å²) in [6.07, 6.45) is 4.44. The Labute approximate surface area is 199 Å². The summed E-state index contributed by atoms with van der Waals surface area (Å²) in [6, 6.07) is 4.77. The van der Waals surface area contributed by atoms with Gasteiger partial charge in [-0.1, -0.05) is 0 Å². The van der Waals surface area contributed by atoms with Gasteiger partial charge in [0.05, 0.1) is 7.11 Å². The van der Waals surface area contributed by atoms with E-state index in [1.54, 1.807) is 19.2 Å². The quantitative estimate of drug-likeness (QED) is 0.293. The molecule has 1 aromatic carbocycles. The van der Waals surface area contributed by atoms with Gasteiger partial charge in [0.15, 0.2) is 5.96 Å². The second-order valence-electron chi connectivity index (χ2n) is 7.66. The molecular formula is C21H33F2IN4O3.